The quantitative estimate of drug-likeness (QED) is 0.796. The standard InChI is InChI=1S/C21H27F2NO3/c22-17-7-6-15(12-18(17)23)21(13-20-26-10-11-27-20)9-8-19(25)24(14-21)16-4-2-1-3-5-16/h6-7,12,16,20H,1-5,8-11,13-14H2/t21-/m1/s1. The van der Waals surface area contributed by atoms with Gasteiger partial charge in [0.25, 0.3) is 0 Å². The number of piperidine rings is 1. The lowest BCUT2D eigenvalue weighted by molar-refractivity contribution is -0.141. The fourth-order valence-corrected chi connectivity index (χ4v) is 4.90. The SMILES string of the molecule is O=C1CC[C@](CC2OCCO2)(c2ccc(F)c(F)c2)CN1C1CCCCC1. The van der Waals surface area contributed by atoms with Crippen LogP contribution in [0.1, 0.15) is 56.9 Å². The topological polar surface area (TPSA) is 38.8 Å². The molecule has 0 N–H and O–H groups in total. The second-order valence-corrected chi connectivity index (χ2v) is 8.10. The Labute approximate surface area is 158 Å². The molecule has 1 aromatic carbocycles. The third kappa shape index (κ3) is 3.87. The number of hydrogen-bond acceptors (Lipinski definition) is 3. The minimum atomic E-state index is -0.849. The van der Waals surface area contributed by atoms with Gasteiger partial charge in [-0.2, -0.15) is 0 Å². The van der Waals surface area contributed by atoms with Crippen LogP contribution in [0, 0.1) is 11.6 Å². The molecule has 3 fully saturated rings. The van der Waals surface area contributed by atoms with E-state index in [2.05, 4.69) is 0 Å². The Bertz CT molecular complexity index is 686. The maximum absolute atomic E-state index is 14.0. The molecule has 1 aromatic rings. The first-order valence-corrected chi connectivity index (χ1v) is 10.1. The minimum Gasteiger partial charge on any atom is -0.350 e. The van der Waals surface area contributed by atoms with Crippen molar-refractivity contribution in [2.75, 3.05) is 19.8 Å². The van der Waals surface area contributed by atoms with Crippen molar-refractivity contribution >= 4 is 5.91 Å². The second-order valence-electron chi connectivity index (χ2n) is 8.10. The number of benzene rings is 1. The molecule has 1 aliphatic carbocycles. The molecule has 2 heterocycles. The molecule has 1 saturated carbocycles. The molecular formula is C21H27F2NO3. The predicted molar refractivity (Wildman–Crippen MR) is 96.2 cm³/mol. The van der Waals surface area contributed by atoms with E-state index in [0.29, 0.717) is 39.0 Å². The molecule has 0 bridgehead atoms. The summed E-state index contributed by atoms with van der Waals surface area (Å²) < 4.78 is 38.9. The lowest BCUT2D eigenvalue weighted by atomic mass is 9.70. The van der Waals surface area contributed by atoms with Gasteiger partial charge in [0.05, 0.1) is 13.2 Å². The van der Waals surface area contributed by atoms with E-state index in [4.69, 9.17) is 9.47 Å². The molecule has 6 heteroatoms. The van der Waals surface area contributed by atoms with Crippen molar-refractivity contribution in [3.63, 3.8) is 0 Å². The lowest BCUT2D eigenvalue weighted by Gasteiger charge is -2.47. The number of hydrogen-bond donors (Lipinski definition) is 0. The summed E-state index contributed by atoms with van der Waals surface area (Å²) in [5.41, 5.74) is 0.253. The zero-order valence-electron chi connectivity index (χ0n) is 15.6. The van der Waals surface area contributed by atoms with Gasteiger partial charge in [-0.15, -0.1) is 0 Å². The highest BCUT2D eigenvalue weighted by atomic mass is 19.2. The van der Waals surface area contributed by atoms with Crippen molar-refractivity contribution in [3.8, 4) is 0 Å². The summed E-state index contributed by atoms with van der Waals surface area (Å²) >= 11 is 0. The van der Waals surface area contributed by atoms with Crippen LogP contribution in [0.5, 0.6) is 0 Å². The number of halogens is 2. The first-order chi connectivity index (χ1) is 13.1. The van der Waals surface area contributed by atoms with E-state index in [-0.39, 0.29) is 18.2 Å². The van der Waals surface area contributed by atoms with Crippen molar-refractivity contribution in [1.82, 2.24) is 4.90 Å². The molecule has 148 valence electrons. The van der Waals surface area contributed by atoms with E-state index < -0.39 is 17.0 Å². The molecule has 2 aliphatic heterocycles. The van der Waals surface area contributed by atoms with Crippen LogP contribution in [0.3, 0.4) is 0 Å². The van der Waals surface area contributed by atoms with Crippen molar-refractivity contribution in [2.45, 2.75) is 69.1 Å². The summed E-state index contributed by atoms with van der Waals surface area (Å²) in [7, 11) is 0. The van der Waals surface area contributed by atoms with E-state index >= 15 is 0 Å². The Morgan fingerprint density at radius 1 is 1.07 bits per heavy atom. The van der Waals surface area contributed by atoms with E-state index in [1.807, 2.05) is 4.90 Å². The van der Waals surface area contributed by atoms with Gasteiger partial charge in [-0.3, -0.25) is 4.79 Å². The van der Waals surface area contributed by atoms with Crippen molar-refractivity contribution in [2.24, 2.45) is 0 Å². The number of carbonyl (C=O) groups is 1. The number of nitrogens with zero attached hydrogens (tertiary/aromatic N) is 1. The molecule has 0 spiro atoms. The van der Waals surface area contributed by atoms with Gasteiger partial charge in [-0.25, -0.2) is 8.78 Å². The summed E-state index contributed by atoms with van der Waals surface area (Å²) in [5, 5.41) is 0. The van der Waals surface area contributed by atoms with E-state index in [1.165, 1.54) is 18.6 Å². The Hall–Kier alpha value is -1.53. The molecule has 0 radical (unpaired) electrons. The van der Waals surface area contributed by atoms with Crippen molar-refractivity contribution in [1.29, 1.82) is 0 Å². The second kappa shape index (κ2) is 7.84. The van der Waals surface area contributed by atoms with Crippen LogP contribution in [0.15, 0.2) is 18.2 Å². The fraction of sp³-hybridized carbons (Fsp3) is 0.667. The van der Waals surface area contributed by atoms with Crippen molar-refractivity contribution < 1.29 is 23.0 Å². The van der Waals surface area contributed by atoms with Gasteiger partial charge in [0.1, 0.15) is 0 Å². The van der Waals surface area contributed by atoms with Crippen LogP contribution in [0.2, 0.25) is 0 Å². The van der Waals surface area contributed by atoms with Crippen LogP contribution < -0.4 is 0 Å². The highest BCUT2D eigenvalue weighted by Crippen LogP contribution is 2.42. The van der Waals surface area contributed by atoms with Crippen LogP contribution in [-0.4, -0.2) is 42.9 Å². The van der Waals surface area contributed by atoms with Gasteiger partial charge < -0.3 is 14.4 Å². The van der Waals surface area contributed by atoms with Gasteiger partial charge in [0.15, 0.2) is 17.9 Å². The van der Waals surface area contributed by atoms with Gasteiger partial charge in [0.2, 0.25) is 5.91 Å². The summed E-state index contributed by atoms with van der Waals surface area (Å²) in [6, 6.07) is 4.38. The first-order valence-electron chi connectivity index (χ1n) is 10.1. The molecule has 4 rings (SSSR count). The lowest BCUT2D eigenvalue weighted by Crippen LogP contribution is -2.54. The van der Waals surface area contributed by atoms with E-state index in [9.17, 15) is 13.6 Å². The summed E-state index contributed by atoms with van der Waals surface area (Å²) in [4.78, 5) is 14.7. The first kappa shape index (κ1) is 18.8. The normalized spacial score (nSPS) is 28.1. The Morgan fingerprint density at radius 3 is 2.52 bits per heavy atom. The molecule has 1 amide bonds. The average Bonchev–Trinajstić information content (AvgIpc) is 3.19. The fourth-order valence-electron chi connectivity index (χ4n) is 4.90. The molecule has 0 aromatic heterocycles. The number of likely N-dealkylation sites (tertiary alicyclic amines) is 1. The van der Waals surface area contributed by atoms with E-state index in [0.717, 1.165) is 31.2 Å². The van der Waals surface area contributed by atoms with Crippen LogP contribution in [0.4, 0.5) is 8.78 Å². The van der Waals surface area contributed by atoms with Crippen LogP contribution in [-0.2, 0) is 19.7 Å². The van der Waals surface area contributed by atoms with Crippen molar-refractivity contribution in [3.05, 3.63) is 35.4 Å². The zero-order valence-corrected chi connectivity index (χ0v) is 15.6. The maximum Gasteiger partial charge on any atom is 0.222 e. The van der Waals surface area contributed by atoms with Crippen LogP contribution >= 0.6 is 0 Å². The average molecular weight is 379 g/mol. The molecular weight excluding hydrogens is 352 g/mol. The Morgan fingerprint density at radius 2 is 1.81 bits per heavy atom. The van der Waals surface area contributed by atoms with Gasteiger partial charge in [0, 0.05) is 30.8 Å². The molecule has 4 nitrogen and oxygen atoms in total. The molecule has 2 saturated heterocycles. The smallest absolute Gasteiger partial charge is 0.222 e. The van der Waals surface area contributed by atoms with Gasteiger partial charge >= 0.3 is 0 Å². The third-order valence-corrected chi connectivity index (χ3v) is 6.41. The van der Waals surface area contributed by atoms with E-state index in [1.54, 1.807) is 6.07 Å². The summed E-state index contributed by atoms with van der Waals surface area (Å²) in [6.45, 7) is 1.61. The van der Waals surface area contributed by atoms with Gasteiger partial charge in [-0.05, 0) is 37.0 Å². The maximum atomic E-state index is 14.0. The Balaban J connectivity index is 1.65. The number of ether oxygens (including phenoxy) is 2. The summed E-state index contributed by atoms with van der Waals surface area (Å²) in [6.07, 6.45) is 6.76. The van der Waals surface area contributed by atoms with Crippen LogP contribution in [0.25, 0.3) is 0 Å². The van der Waals surface area contributed by atoms with Gasteiger partial charge in [-0.1, -0.05) is 25.3 Å². The highest BCUT2D eigenvalue weighted by molar-refractivity contribution is 5.78. The molecule has 27 heavy (non-hydrogen) atoms. The zero-order chi connectivity index (χ0) is 18.9. The monoisotopic (exact) mass is 379 g/mol. The predicted octanol–water partition coefficient (Wildman–Crippen LogP) is 3.92. The third-order valence-electron chi connectivity index (χ3n) is 6.41. The Kier molecular flexibility index (Phi) is 5.46. The summed E-state index contributed by atoms with van der Waals surface area (Å²) in [5.74, 6) is -1.52. The number of carbonyl (C=O) groups excluding carboxylic acids is 1. The molecule has 0 unspecified atom stereocenters. The minimum absolute atomic E-state index is 0.174. The number of amides is 1. The highest BCUT2D eigenvalue weighted by Gasteiger charge is 2.45. The molecule has 1 atom stereocenters. The number of rotatable bonds is 4. The molecule has 3 aliphatic rings. The largest absolute Gasteiger partial charge is 0.350 e.